The van der Waals surface area contributed by atoms with Gasteiger partial charge in [0.1, 0.15) is 10.8 Å². The molecule has 0 aliphatic carbocycles. The molecule has 0 fully saturated rings. The summed E-state index contributed by atoms with van der Waals surface area (Å²) in [6.07, 6.45) is 6.29. The van der Waals surface area contributed by atoms with Gasteiger partial charge in [-0.2, -0.15) is 0 Å². The zero-order valence-corrected chi connectivity index (χ0v) is 17.0. The molecule has 0 aliphatic heterocycles. The van der Waals surface area contributed by atoms with Crippen LogP contribution in [0.1, 0.15) is 39.5 Å². The van der Waals surface area contributed by atoms with Gasteiger partial charge in [0.15, 0.2) is 0 Å². The van der Waals surface area contributed by atoms with Crippen molar-refractivity contribution < 1.29 is 24.5 Å². The molecule has 8 heteroatoms. The Bertz CT molecular complexity index is 663. The van der Waals surface area contributed by atoms with Gasteiger partial charge in [-0.25, -0.2) is 9.78 Å². The number of pyridine rings is 1. The second-order valence-electron chi connectivity index (χ2n) is 6.64. The summed E-state index contributed by atoms with van der Waals surface area (Å²) in [6.45, 7) is 3.69. The van der Waals surface area contributed by atoms with E-state index in [9.17, 15) is 24.5 Å². The third kappa shape index (κ3) is 9.41. The van der Waals surface area contributed by atoms with Gasteiger partial charge in [-0.15, -0.1) is 11.8 Å². The predicted molar refractivity (Wildman–Crippen MR) is 105 cm³/mol. The number of hydrogen-bond donors (Lipinski definition) is 3. The quantitative estimate of drug-likeness (QED) is 0.206. The van der Waals surface area contributed by atoms with Crippen LogP contribution in [-0.2, 0) is 9.36 Å². The lowest BCUT2D eigenvalue weighted by molar-refractivity contribution is -0.132. The van der Waals surface area contributed by atoms with E-state index in [1.807, 2.05) is 13.8 Å². The third-order valence-electron chi connectivity index (χ3n) is 3.57. The summed E-state index contributed by atoms with van der Waals surface area (Å²) in [5.74, 6) is -0.0668. The monoisotopic (exact) mass is 401 g/mol. The lowest BCUT2D eigenvalue weighted by Gasteiger charge is -2.14. The first-order chi connectivity index (χ1) is 12.2. The number of nitrogens with zero attached hydrogens (tertiary/aromatic N) is 1. The first-order valence-corrected chi connectivity index (χ1v) is 11.7. The lowest BCUT2D eigenvalue weighted by Crippen LogP contribution is -2.09. The topological polar surface area (TPSA) is 108 Å². The van der Waals surface area contributed by atoms with Crippen molar-refractivity contribution in [3.8, 4) is 5.75 Å². The molecule has 3 N–H and O–H groups in total. The number of aromatic hydroxyl groups is 1. The third-order valence-corrected chi connectivity index (χ3v) is 6.79. The Labute approximate surface area is 159 Å². The molecule has 1 rings (SSSR count). The number of carboxylic acid groups (broad SMARTS) is 1. The average Bonchev–Trinajstić information content (AvgIpc) is 2.52. The molecule has 1 atom stereocenters. The first kappa shape index (κ1) is 22.7. The molecule has 0 bridgehead atoms. The summed E-state index contributed by atoms with van der Waals surface area (Å²) in [5, 5.41) is 19.5. The van der Waals surface area contributed by atoms with Crippen LogP contribution < -0.4 is 0 Å². The Balaban J connectivity index is 2.34. The second-order valence-corrected chi connectivity index (χ2v) is 10.1. The van der Waals surface area contributed by atoms with Gasteiger partial charge in [0, 0.05) is 17.9 Å². The van der Waals surface area contributed by atoms with Gasteiger partial charge in [0.05, 0.1) is 6.16 Å². The molecule has 0 spiro atoms. The molecule has 0 amide bonds. The number of carboxylic acids is 1. The maximum atomic E-state index is 12.1. The van der Waals surface area contributed by atoms with Gasteiger partial charge < -0.3 is 15.1 Å². The summed E-state index contributed by atoms with van der Waals surface area (Å²) < 4.78 is 12.1. The Kier molecular flexibility index (Phi) is 9.99. The molecule has 1 aromatic heterocycles. The Morgan fingerprint density at radius 3 is 2.69 bits per heavy atom. The number of unbranched alkanes of at least 4 members (excludes halogenated alkanes) is 3. The number of thioether (sulfide) groups is 1. The number of aromatic nitrogens is 1. The number of hydrogen-bond acceptors (Lipinski definition) is 5. The smallest absolute Gasteiger partial charge is 0.331 e. The van der Waals surface area contributed by atoms with Crippen LogP contribution in [0.2, 0.25) is 0 Å². The molecule has 0 aromatic carbocycles. The molecule has 1 heterocycles. The van der Waals surface area contributed by atoms with E-state index in [0.29, 0.717) is 11.4 Å². The lowest BCUT2D eigenvalue weighted by atomic mass is 10.1. The highest BCUT2D eigenvalue weighted by molar-refractivity contribution is 7.99. The van der Waals surface area contributed by atoms with E-state index in [2.05, 4.69) is 4.98 Å². The summed E-state index contributed by atoms with van der Waals surface area (Å²) in [4.78, 5) is 25.3. The van der Waals surface area contributed by atoms with Crippen molar-refractivity contribution in [1.82, 2.24) is 4.98 Å². The number of aliphatic carboxylic acids is 1. The molecule has 0 saturated carbocycles. The van der Waals surface area contributed by atoms with Crippen LogP contribution >= 0.6 is 19.1 Å². The van der Waals surface area contributed by atoms with Gasteiger partial charge in [-0.05, 0) is 43.1 Å². The highest BCUT2D eigenvalue weighted by Crippen LogP contribution is 2.44. The summed E-state index contributed by atoms with van der Waals surface area (Å²) in [6, 6.07) is 3.28. The highest BCUT2D eigenvalue weighted by atomic mass is 32.2. The molecular weight excluding hydrogens is 373 g/mol. The Hall–Kier alpha value is -1.30. The van der Waals surface area contributed by atoms with Crippen LogP contribution in [0.3, 0.4) is 0 Å². The van der Waals surface area contributed by atoms with E-state index >= 15 is 0 Å². The van der Waals surface area contributed by atoms with Gasteiger partial charge in [0.2, 0.25) is 7.37 Å². The molecule has 1 unspecified atom stereocenters. The van der Waals surface area contributed by atoms with Crippen molar-refractivity contribution in [2.45, 2.75) is 44.6 Å². The van der Waals surface area contributed by atoms with Crippen LogP contribution in [0, 0.1) is 5.92 Å². The van der Waals surface area contributed by atoms with Crippen LogP contribution in [0.25, 0.3) is 0 Å². The fourth-order valence-electron chi connectivity index (χ4n) is 2.48. The van der Waals surface area contributed by atoms with Crippen molar-refractivity contribution in [3.63, 3.8) is 0 Å². The van der Waals surface area contributed by atoms with Crippen LogP contribution in [0.15, 0.2) is 35.0 Å². The number of rotatable bonds is 12. The van der Waals surface area contributed by atoms with Crippen molar-refractivity contribution in [2.75, 3.05) is 18.1 Å². The highest BCUT2D eigenvalue weighted by Gasteiger charge is 2.24. The molecule has 146 valence electrons. The normalized spacial score (nSPS) is 14.4. The maximum Gasteiger partial charge on any atom is 0.331 e. The average molecular weight is 401 g/mol. The largest absolute Gasteiger partial charge is 0.505 e. The maximum absolute atomic E-state index is 12.1. The SMILES string of the molecule is CC(C)CP(=O)(O)C/C(=C/CCCCCSc1ncccc1O)C(=O)O. The molecule has 26 heavy (non-hydrogen) atoms. The number of carbonyl (C=O) groups is 1. The van der Waals surface area contributed by atoms with Gasteiger partial charge >= 0.3 is 5.97 Å². The standard InChI is InChI=1S/C18H28NO5PS/c1-14(2)12-25(23,24)13-15(18(21)22)8-5-3-4-6-11-26-17-16(20)9-7-10-19-17/h7-10,14,20H,3-6,11-13H2,1-2H3,(H,21,22)(H,23,24)/b15-8-. The van der Waals surface area contributed by atoms with E-state index in [1.165, 1.54) is 11.8 Å². The fraction of sp³-hybridized carbons (Fsp3) is 0.556. The van der Waals surface area contributed by atoms with Gasteiger partial charge in [0.25, 0.3) is 0 Å². The van der Waals surface area contributed by atoms with Crippen LogP contribution in [-0.4, -0.2) is 44.1 Å². The van der Waals surface area contributed by atoms with Crippen LogP contribution in [0.4, 0.5) is 0 Å². The minimum Gasteiger partial charge on any atom is -0.505 e. The summed E-state index contributed by atoms with van der Waals surface area (Å²) in [7, 11) is -3.45. The summed E-state index contributed by atoms with van der Waals surface area (Å²) in [5.41, 5.74) is 0.0317. The zero-order chi connectivity index (χ0) is 19.6. The van der Waals surface area contributed by atoms with Gasteiger partial charge in [-0.1, -0.05) is 26.3 Å². The van der Waals surface area contributed by atoms with E-state index in [0.717, 1.165) is 25.0 Å². The summed E-state index contributed by atoms with van der Waals surface area (Å²) >= 11 is 1.49. The van der Waals surface area contributed by atoms with Crippen molar-refractivity contribution in [3.05, 3.63) is 30.0 Å². The van der Waals surface area contributed by atoms with E-state index in [4.69, 9.17) is 0 Å². The molecule has 6 nitrogen and oxygen atoms in total. The van der Waals surface area contributed by atoms with Gasteiger partial charge in [-0.3, -0.25) is 4.57 Å². The molecule has 0 aliphatic rings. The van der Waals surface area contributed by atoms with Crippen molar-refractivity contribution >= 4 is 25.1 Å². The molecule has 0 radical (unpaired) electrons. The minimum atomic E-state index is -3.45. The zero-order valence-electron chi connectivity index (χ0n) is 15.3. The first-order valence-electron chi connectivity index (χ1n) is 8.71. The Morgan fingerprint density at radius 1 is 1.35 bits per heavy atom. The van der Waals surface area contributed by atoms with Crippen LogP contribution in [0.5, 0.6) is 5.75 Å². The second kappa shape index (κ2) is 11.4. The van der Waals surface area contributed by atoms with E-state index in [1.54, 1.807) is 24.4 Å². The van der Waals surface area contributed by atoms with Crippen molar-refractivity contribution in [1.29, 1.82) is 0 Å². The number of allylic oxidation sites excluding steroid dienone is 1. The van der Waals surface area contributed by atoms with E-state index < -0.39 is 13.3 Å². The van der Waals surface area contributed by atoms with Crippen molar-refractivity contribution in [2.24, 2.45) is 5.92 Å². The Morgan fingerprint density at radius 2 is 2.08 bits per heavy atom. The van der Waals surface area contributed by atoms with E-state index in [-0.39, 0.29) is 29.6 Å². The molecule has 0 saturated heterocycles. The molecule has 1 aromatic rings. The fourth-order valence-corrected chi connectivity index (χ4v) is 5.44. The predicted octanol–water partition coefficient (Wildman–Crippen LogP) is 4.38. The molecular formula is C18H28NO5PS. The minimum absolute atomic E-state index is 0.0317.